The van der Waals surface area contributed by atoms with Gasteiger partial charge >= 0.3 is 0 Å². The fourth-order valence-corrected chi connectivity index (χ4v) is 6.57. The van der Waals surface area contributed by atoms with E-state index in [9.17, 15) is 19.5 Å². The third-order valence-electron chi connectivity index (χ3n) is 9.63. The first-order valence-corrected chi connectivity index (χ1v) is 18.2. The minimum atomic E-state index is -0.330. The van der Waals surface area contributed by atoms with Crippen molar-refractivity contribution in [2.45, 2.75) is 114 Å². The van der Waals surface area contributed by atoms with Crippen molar-refractivity contribution in [3.63, 3.8) is 0 Å². The minimum absolute atomic E-state index is 0.0814. The monoisotopic (exact) mass is 658 g/mol. The zero-order valence-corrected chi connectivity index (χ0v) is 30.8. The number of aliphatic hydroxyl groups is 1. The van der Waals surface area contributed by atoms with Gasteiger partial charge in [0.05, 0.1) is 28.2 Å². The summed E-state index contributed by atoms with van der Waals surface area (Å²) in [5.74, 6) is -0.961. The first-order valence-electron chi connectivity index (χ1n) is 18.2. The number of rotatable bonds is 17. The second kappa shape index (κ2) is 18.0. The summed E-state index contributed by atoms with van der Waals surface area (Å²) in [7, 11) is 0. The molecule has 8 heteroatoms. The minimum Gasteiger partial charge on any atom is -0.506 e. The molecule has 2 amide bonds. The van der Waals surface area contributed by atoms with Crippen molar-refractivity contribution in [1.29, 1.82) is 0 Å². The standard InChI is InChI=1S/C40H58N4O4/c1-10-17-19-27(12-3)39(47)42-32-23-31(41-14-5)25(8)21-29(32)35-37(45)36(38(35)46)30-22-26(9)34(44(15-6)16-7)24-33(30)43-40(48)28(13-4)20-18-11-2/h21-24,27-28,45H,10-20H2,1-9H3,(H,42,47)(H,43,48)/b35-29-,41-31+. The molecule has 0 bridgehead atoms. The average molecular weight is 659 g/mol. The molecule has 0 fully saturated rings. The van der Waals surface area contributed by atoms with Crippen LogP contribution in [-0.2, 0) is 14.4 Å². The van der Waals surface area contributed by atoms with E-state index in [2.05, 4.69) is 48.2 Å². The summed E-state index contributed by atoms with van der Waals surface area (Å²) in [5.41, 5.74) is 5.77. The average Bonchev–Trinajstić information content (AvgIpc) is 3.06. The van der Waals surface area contributed by atoms with Gasteiger partial charge in [0.25, 0.3) is 0 Å². The number of hydrogen-bond acceptors (Lipinski definition) is 6. The highest BCUT2D eigenvalue weighted by atomic mass is 16.3. The smallest absolute Gasteiger partial charge is 0.227 e. The maximum absolute atomic E-state index is 14.2. The van der Waals surface area contributed by atoms with Crippen LogP contribution in [-0.4, -0.2) is 48.1 Å². The number of anilines is 2. The van der Waals surface area contributed by atoms with Crippen molar-refractivity contribution in [3.8, 4) is 0 Å². The lowest BCUT2D eigenvalue weighted by molar-refractivity contribution is -0.124. The first kappa shape index (κ1) is 38.5. The van der Waals surface area contributed by atoms with Gasteiger partial charge in [-0.1, -0.05) is 53.4 Å². The van der Waals surface area contributed by atoms with Gasteiger partial charge < -0.3 is 20.6 Å². The Labute approximate surface area is 288 Å². The van der Waals surface area contributed by atoms with Gasteiger partial charge in [-0.25, -0.2) is 0 Å². The number of aliphatic hydroxyl groups excluding tert-OH is 1. The van der Waals surface area contributed by atoms with Crippen molar-refractivity contribution < 1.29 is 19.5 Å². The molecule has 8 nitrogen and oxygen atoms in total. The van der Waals surface area contributed by atoms with Gasteiger partial charge in [0.15, 0.2) is 0 Å². The van der Waals surface area contributed by atoms with Crippen LogP contribution in [0, 0.1) is 18.8 Å². The molecule has 1 aromatic rings. The van der Waals surface area contributed by atoms with Gasteiger partial charge in [-0.3, -0.25) is 19.4 Å². The van der Waals surface area contributed by atoms with Crippen LogP contribution in [0.3, 0.4) is 0 Å². The summed E-state index contributed by atoms with van der Waals surface area (Å²) in [4.78, 5) is 48.0. The van der Waals surface area contributed by atoms with Gasteiger partial charge in [-0.15, -0.1) is 0 Å². The number of aryl methyl sites for hydroxylation is 1. The van der Waals surface area contributed by atoms with E-state index in [0.717, 1.165) is 74.2 Å². The normalized spacial score (nSPS) is 18.3. The molecule has 3 N–H and O–H groups in total. The highest BCUT2D eigenvalue weighted by molar-refractivity contribution is 6.40. The molecule has 262 valence electrons. The Morgan fingerprint density at radius 3 is 1.92 bits per heavy atom. The Balaban J connectivity index is 2.18. The fourth-order valence-electron chi connectivity index (χ4n) is 6.57. The fraction of sp³-hybridized carbons (Fsp3) is 0.550. The molecule has 0 saturated heterocycles. The summed E-state index contributed by atoms with van der Waals surface area (Å²) in [6, 6.07) is 3.83. The quantitative estimate of drug-likeness (QED) is 0.145. The number of nitrogens with one attached hydrogen (secondary N) is 2. The van der Waals surface area contributed by atoms with E-state index in [1.54, 1.807) is 6.08 Å². The maximum atomic E-state index is 14.2. The Hall–Kier alpha value is -3.94. The predicted molar refractivity (Wildman–Crippen MR) is 200 cm³/mol. The molecule has 0 spiro atoms. The molecule has 2 aliphatic carbocycles. The van der Waals surface area contributed by atoms with Crippen LogP contribution in [0.1, 0.15) is 118 Å². The lowest BCUT2D eigenvalue weighted by Gasteiger charge is -2.30. The van der Waals surface area contributed by atoms with Crippen LogP contribution in [0.5, 0.6) is 0 Å². The predicted octanol–water partition coefficient (Wildman–Crippen LogP) is 8.78. The van der Waals surface area contributed by atoms with Crippen LogP contribution >= 0.6 is 0 Å². The van der Waals surface area contributed by atoms with Gasteiger partial charge in [0, 0.05) is 48.3 Å². The molecule has 0 saturated carbocycles. The van der Waals surface area contributed by atoms with Gasteiger partial charge in [0.1, 0.15) is 5.76 Å². The van der Waals surface area contributed by atoms with Crippen molar-refractivity contribution in [2.75, 3.05) is 29.9 Å². The van der Waals surface area contributed by atoms with Crippen LogP contribution in [0.2, 0.25) is 0 Å². The van der Waals surface area contributed by atoms with Gasteiger partial charge in [-0.2, -0.15) is 0 Å². The second-order valence-corrected chi connectivity index (χ2v) is 12.9. The number of amides is 2. The van der Waals surface area contributed by atoms with Crippen LogP contribution < -0.4 is 15.5 Å². The maximum Gasteiger partial charge on any atom is 0.227 e. The van der Waals surface area contributed by atoms with Crippen molar-refractivity contribution in [2.24, 2.45) is 16.8 Å². The van der Waals surface area contributed by atoms with Gasteiger partial charge in [0.2, 0.25) is 17.6 Å². The number of carbonyl (C=O) groups excluding carboxylic acids is 3. The zero-order chi connectivity index (χ0) is 35.5. The van der Waals surface area contributed by atoms with E-state index in [1.165, 1.54) is 0 Å². The number of Topliss-reactive ketones (excluding diaryl/α,β-unsaturated/α-hetero) is 1. The molecule has 2 aliphatic rings. The van der Waals surface area contributed by atoms with E-state index in [0.29, 0.717) is 41.9 Å². The van der Waals surface area contributed by atoms with E-state index in [1.807, 2.05) is 52.8 Å². The third-order valence-corrected chi connectivity index (χ3v) is 9.63. The SMILES string of the molecule is CCCCC(CC)C(=O)NC1=CC(=N\CC)/C(C)=CC/1=C1/C(=O)C(c2cc(C)c(N(CC)CC)cc2NC(=O)C(CC)CCCC)=C1O. The summed E-state index contributed by atoms with van der Waals surface area (Å²) < 4.78 is 0. The molecule has 0 radical (unpaired) electrons. The lowest BCUT2D eigenvalue weighted by Crippen LogP contribution is -2.34. The van der Waals surface area contributed by atoms with E-state index in [-0.39, 0.29) is 46.3 Å². The van der Waals surface area contributed by atoms with Crippen LogP contribution in [0.25, 0.3) is 5.57 Å². The number of allylic oxidation sites excluding steroid dienone is 5. The summed E-state index contributed by atoms with van der Waals surface area (Å²) in [6.07, 6.45) is 10.6. The topological polar surface area (TPSA) is 111 Å². The Bertz CT molecular complexity index is 1520. The number of benzene rings is 1. The Morgan fingerprint density at radius 1 is 0.833 bits per heavy atom. The summed E-state index contributed by atoms with van der Waals surface area (Å²) >= 11 is 0. The third kappa shape index (κ3) is 8.55. The second-order valence-electron chi connectivity index (χ2n) is 12.9. The highest BCUT2D eigenvalue weighted by Gasteiger charge is 2.40. The number of unbranched alkanes of at least 4 members (excludes halogenated alkanes) is 2. The van der Waals surface area contributed by atoms with Crippen LogP contribution in [0.4, 0.5) is 11.4 Å². The molecule has 2 unspecified atom stereocenters. The van der Waals surface area contributed by atoms with E-state index in [4.69, 9.17) is 0 Å². The number of nitrogens with zero attached hydrogens (tertiary/aromatic N) is 2. The molecule has 48 heavy (non-hydrogen) atoms. The molecule has 2 atom stereocenters. The van der Waals surface area contributed by atoms with E-state index >= 15 is 0 Å². The molecule has 0 aliphatic heterocycles. The van der Waals surface area contributed by atoms with Crippen molar-refractivity contribution in [1.82, 2.24) is 5.32 Å². The molecule has 3 rings (SSSR count). The first-order chi connectivity index (χ1) is 23.0. The molecule has 0 heterocycles. The van der Waals surface area contributed by atoms with Crippen molar-refractivity contribution in [3.05, 3.63) is 63.6 Å². The number of ketones is 1. The summed E-state index contributed by atoms with van der Waals surface area (Å²) in [5, 5.41) is 17.9. The Kier molecular flexibility index (Phi) is 14.4. The lowest BCUT2D eigenvalue weighted by atomic mass is 9.77. The van der Waals surface area contributed by atoms with Crippen LogP contribution in [0.15, 0.2) is 57.5 Å². The molecule has 1 aromatic carbocycles. The largest absolute Gasteiger partial charge is 0.506 e. The number of hydrogen-bond donors (Lipinski definition) is 3. The molecular formula is C40H58N4O4. The summed E-state index contributed by atoms with van der Waals surface area (Å²) in [6.45, 7) is 20.4. The van der Waals surface area contributed by atoms with Crippen molar-refractivity contribution >= 4 is 40.3 Å². The van der Waals surface area contributed by atoms with E-state index < -0.39 is 0 Å². The zero-order valence-electron chi connectivity index (χ0n) is 30.8. The number of carbonyl (C=O) groups is 3. The molecular weight excluding hydrogens is 600 g/mol. The number of aliphatic imine (C=N–C) groups is 1. The highest BCUT2D eigenvalue weighted by Crippen LogP contribution is 2.44. The Morgan fingerprint density at radius 2 is 1.42 bits per heavy atom. The molecule has 0 aromatic heterocycles. The van der Waals surface area contributed by atoms with Gasteiger partial charge in [-0.05, 0) is 95.7 Å².